The molecule has 18 heavy (non-hydrogen) atoms. The van der Waals surface area contributed by atoms with Gasteiger partial charge in [-0.15, -0.1) is 0 Å². The average molecular weight is 396 g/mol. The highest BCUT2D eigenvalue weighted by molar-refractivity contribution is 14.1. The van der Waals surface area contributed by atoms with Crippen molar-refractivity contribution in [3.05, 3.63) is 27.8 Å². The fourth-order valence-corrected chi connectivity index (χ4v) is 2.25. The smallest absolute Gasteiger partial charge is 0.426 e. The van der Waals surface area contributed by atoms with E-state index in [-0.39, 0.29) is 5.75 Å². The normalized spacial score (nSPS) is 14.3. The van der Waals surface area contributed by atoms with Crippen LogP contribution in [0, 0.1) is 3.57 Å². The first-order chi connectivity index (χ1) is 8.08. The number of ether oxygens (including phenoxy) is 1. The predicted octanol–water partition coefficient (Wildman–Crippen LogP) is 2.49. The maximum Gasteiger partial charge on any atom is 0.426 e. The number of hydrogen-bond donors (Lipinski definition) is 1. The van der Waals surface area contributed by atoms with Gasteiger partial charge in [0.2, 0.25) is 6.10 Å². The minimum Gasteiger partial charge on any atom is -0.480 e. The van der Waals surface area contributed by atoms with E-state index in [0.717, 1.165) is 0 Å². The summed E-state index contributed by atoms with van der Waals surface area (Å²) in [4.78, 5) is 0. The first-order valence-corrected chi connectivity index (χ1v) is 7.21. The maximum atomic E-state index is 12.5. The number of benzene rings is 1. The van der Waals surface area contributed by atoms with Crippen molar-refractivity contribution < 1.29 is 30.9 Å². The molecule has 4 nitrogen and oxygen atoms in total. The molecule has 102 valence electrons. The topological polar surface area (TPSA) is 63.6 Å². The van der Waals surface area contributed by atoms with Crippen LogP contribution in [0.3, 0.4) is 0 Å². The molecule has 0 aliphatic heterocycles. The molecule has 0 heterocycles. The molecule has 0 bridgehead atoms. The van der Waals surface area contributed by atoms with Gasteiger partial charge < -0.3 is 4.74 Å². The number of alkyl halides is 3. The summed E-state index contributed by atoms with van der Waals surface area (Å²) >= 11 is 1.87. The van der Waals surface area contributed by atoms with E-state index in [9.17, 15) is 21.6 Å². The van der Waals surface area contributed by atoms with Crippen molar-refractivity contribution >= 4 is 32.7 Å². The third-order valence-electron chi connectivity index (χ3n) is 1.80. The van der Waals surface area contributed by atoms with Crippen LogP contribution in [-0.2, 0) is 10.1 Å². The SMILES string of the molecule is O=S(=O)(O)CC(Oc1cccc(I)c1)C(F)(F)F. The number of rotatable bonds is 4. The van der Waals surface area contributed by atoms with Crippen molar-refractivity contribution in [1.82, 2.24) is 0 Å². The molecule has 1 N–H and O–H groups in total. The van der Waals surface area contributed by atoms with Crippen LogP contribution in [0.1, 0.15) is 0 Å². The summed E-state index contributed by atoms with van der Waals surface area (Å²) in [7, 11) is -4.78. The molecule has 1 aromatic carbocycles. The Morgan fingerprint density at radius 3 is 2.44 bits per heavy atom. The Morgan fingerprint density at radius 2 is 2.00 bits per heavy atom. The molecule has 0 radical (unpaired) electrons. The molecule has 0 aromatic heterocycles. The lowest BCUT2D eigenvalue weighted by Crippen LogP contribution is -2.40. The summed E-state index contributed by atoms with van der Waals surface area (Å²) in [5.41, 5.74) is 0. The average Bonchev–Trinajstić information content (AvgIpc) is 2.13. The Bertz CT molecular complexity index is 515. The molecule has 0 amide bonds. The van der Waals surface area contributed by atoms with E-state index in [1.807, 2.05) is 22.6 Å². The van der Waals surface area contributed by atoms with Crippen LogP contribution in [0.5, 0.6) is 5.75 Å². The number of halogens is 4. The van der Waals surface area contributed by atoms with Gasteiger partial charge in [-0.25, -0.2) is 0 Å². The zero-order chi connectivity index (χ0) is 14.0. The molecule has 1 aromatic rings. The minimum absolute atomic E-state index is 0.118. The Morgan fingerprint density at radius 1 is 1.39 bits per heavy atom. The molecular formula is C9H8F3IO4S. The van der Waals surface area contributed by atoms with Crippen LogP contribution >= 0.6 is 22.6 Å². The first kappa shape index (κ1) is 15.5. The molecule has 0 saturated heterocycles. The largest absolute Gasteiger partial charge is 0.480 e. The Hall–Kier alpha value is -0.550. The Kier molecular flexibility index (Phi) is 4.84. The highest BCUT2D eigenvalue weighted by Crippen LogP contribution is 2.26. The van der Waals surface area contributed by atoms with Gasteiger partial charge in [0.15, 0.2) is 0 Å². The highest BCUT2D eigenvalue weighted by Gasteiger charge is 2.44. The van der Waals surface area contributed by atoms with Gasteiger partial charge in [-0.1, -0.05) is 6.07 Å². The molecule has 0 spiro atoms. The lowest BCUT2D eigenvalue weighted by atomic mass is 10.3. The lowest BCUT2D eigenvalue weighted by Gasteiger charge is -2.20. The van der Waals surface area contributed by atoms with Gasteiger partial charge in [-0.2, -0.15) is 21.6 Å². The van der Waals surface area contributed by atoms with Gasteiger partial charge in [-0.05, 0) is 40.8 Å². The van der Waals surface area contributed by atoms with Crippen LogP contribution < -0.4 is 4.74 Å². The van der Waals surface area contributed by atoms with Crippen LogP contribution in [0.15, 0.2) is 24.3 Å². The van der Waals surface area contributed by atoms with E-state index in [4.69, 9.17) is 4.55 Å². The highest BCUT2D eigenvalue weighted by atomic mass is 127. The fraction of sp³-hybridized carbons (Fsp3) is 0.333. The summed E-state index contributed by atoms with van der Waals surface area (Å²) in [6.45, 7) is 0. The van der Waals surface area contributed by atoms with Gasteiger partial charge in [0.1, 0.15) is 11.5 Å². The third-order valence-corrected chi connectivity index (χ3v) is 3.20. The zero-order valence-electron chi connectivity index (χ0n) is 8.69. The van der Waals surface area contributed by atoms with Crippen molar-refractivity contribution in [3.8, 4) is 5.75 Å². The molecule has 0 aliphatic carbocycles. The Balaban J connectivity index is 2.93. The summed E-state index contributed by atoms with van der Waals surface area (Å²) in [6, 6.07) is 5.70. The molecular weight excluding hydrogens is 388 g/mol. The predicted molar refractivity (Wildman–Crippen MR) is 66.0 cm³/mol. The van der Waals surface area contributed by atoms with Gasteiger partial charge in [0.05, 0.1) is 0 Å². The van der Waals surface area contributed by atoms with Crippen LogP contribution in [0.25, 0.3) is 0 Å². The van der Waals surface area contributed by atoms with Gasteiger partial charge in [-0.3, -0.25) is 4.55 Å². The van der Waals surface area contributed by atoms with Crippen LogP contribution in [-0.4, -0.2) is 31.0 Å². The van der Waals surface area contributed by atoms with Crippen molar-refractivity contribution in [2.24, 2.45) is 0 Å². The lowest BCUT2D eigenvalue weighted by molar-refractivity contribution is -0.188. The first-order valence-electron chi connectivity index (χ1n) is 4.52. The van der Waals surface area contributed by atoms with Crippen LogP contribution in [0.2, 0.25) is 0 Å². The van der Waals surface area contributed by atoms with Crippen molar-refractivity contribution in [3.63, 3.8) is 0 Å². The van der Waals surface area contributed by atoms with E-state index in [2.05, 4.69) is 4.74 Å². The summed E-state index contributed by atoms with van der Waals surface area (Å²) in [6.07, 6.45) is -7.50. The molecule has 1 unspecified atom stereocenters. The van der Waals surface area contributed by atoms with Crippen molar-refractivity contribution in [2.45, 2.75) is 12.3 Å². The summed E-state index contributed by atoms with van der Waals surface area (Å²) in [5.74, 6) is -1.66. The second kappa shape index (κ2) is 5.61. The standard InChI is InChI=1S/C9H8F3IO4S/c10-9(11,12)8(5-18(14,15)16)17-7-3-1-2-6(13)4-7/h1-4,8H,5H2,(H,14,15,16). The molecule has 1 rings (SSSR count). The van der Waals surface area contributed by atoms with Crippen LogP contribution in [0.4, 0.5) is 13.2 Å². The van der Waals surface area contributed by atoms with Crippen molar-refractivity contribution in [2.75, 3.05) is 5.75 Å². The monoisotopic (exact) mass is 396 g/mol. The zero-order valence-corrected chi connectivity index (χ0v) is 11.7. The minimum atomic E-state index is -4.89. The quantitative estimate of drug-likeness (QED) is 0.628. The van der Waals surface area contributed by atoms with Gasteiger partial charge in [0, 0.05) is 3.57 Å². The second-order valence-electron chi connectivity index (χ2n) is 3.35. The molecule has 0 aliphatic rings. The summed E-state index contributed by atoms with van der Waals surface area (Å²) < 4.78 is 72.3. The van der Waals surface area contributed by atoms with E-state index in [1.54, 1.807) is 6.07 Å². The molecule has 9 heteroatoms. The van der Waals surface area contributed by atoms with E-state index >= 15 is 0 Å². The maximum absolute atomic E-state index is 12.5. The third kappa shape index (κ3) is 5.40. The second-order valence-corrected chi connectivity index (χ2v) is 6.10. The van der Waals surface area contributed by atoms with Gasteiger partial charge in [0.25, 0.3) is 10.1 Å². The number of hydrogen-bond acceptors (Lipinski definition) is 3. The fourth-order valence-electron chi connectivity index (χ4n) is 1.09. The summed E-state index contributed by atoms with van der Waals surface area (Å²) in [5, 5.41) is 0. The Labute approximate surface area is 115 Å². The molecule has 0 fully saturated rings. The molecule has 0 saturated carbocycles. The van der Waals surface area contributed by atoms with Crippen molar-refractivity contribution in [1.29, 1.82) is 0 Å². The molecule has 1 atom stereocenters. The van der Waals surface area contributed by atoms with Gasteiger partial charge >= 0.3 is 6.18 Å². The van der Waals surface area contributed by atoms with E-state index < -0.39 is 28.2 Å². The van der Waals surface area contributed by atoms with E-state index in [1.165, 1.54) is 18.2 Å². The van der Waals surface area contributed by atoms with E-state index in [0.29, 0.717) is 3.57 Å².